The lowest BCUT2D eigenvalue weighted by atomic mass is 9.91. The lowest BCUT2D eigenvalue weighted by Crippen LogP contribution is -2.38. The summed E-state index contributed by atoms with van der Waals surface area (Å²) in [6.07, 6.45) is 5.18. The molecule has 5 heteroatoms. The number of rotatable bonds is 3. The molecule has 1 spiro atoms. The number of H-pyrrole nitrogens is 1. The van der Waals surface area contributed by atoms with E-state index in [0.717, 1.165) is 11.6 Å². The molecule has 30 heavy (non-hydrogen) atoms. The lowest BCUT2D eigenvalue weighted by molar-refractivity contribution is 0.238. The average molecular weight is 432 g/mol. The molecule has 0 radical (unpaired) electrons. The van der Waals surface area contributed by atoms with Crippen LogP contribution in [0.4, 0.5) is 0 Å². The fraction of sp³-hybridized carbons (Fsp3) is 0.320. The molecule has 3 nitrogen and oxygen atoms in total. The van der Waals surface area contributed by atoms with Crippen molar-refractivity contribution in [2.24, 2.45) is 0 Å². The number of hydrogen-bond acceptors (Lipinski definition) is 4. The van der Waals surface area contributed by atoms with Crippen LogP contribution >= 0.6 is 23.5 Å². The van der Waals surface area contributed by atoms with Crippen molar-refractivity contribution in [3.8, 4) is 0 Å². The summed E-state index contributed by atoms with van der Waals surface area (Å²) in [6, 6.07) is 22.0. The molecule has 1 saturated carbocycles. The zero-order valence-electron chi connectivity index (χ0n) is 17.1. The van der Waals surface area contributed by atoms with E-state index in [1.807, 2.05) is 11.8 Å². The normalized spacial score (nSPS) is 21.9. The van der Waals surface area contributed by atoms with Crippen LogP contribution in [0, 0.1) is 6.92 Å². The van der Waals surface area contributed by atoms with Gasteiger partial charge >= 0.3 is 0 Å². The molecule has 1 N–H and O–H groups in total. The van der Waals surface area contributed by atoms with Gasteiger partial charge in [0.15, 0.2) is 0 Å². The van der Waals surface area contributed by atoms with Gasteiger partial charge in [-0.05, 0) is 42.7 Å². The van der Waals surface area contributed by atoms with Gasteiger partial charge in [-0.3, -0.25) is 5.10 Å². The first-order valence-corrected chi connectivity index (χ1v) is 12.4. The van der Waals surface area contributed by atoms with E-state index < -0.39 is 0 Å². The molecular formula is C25H25N3S2. The summed E-state index contributed by atoms with van der Waals surface area (Å²) in [6.45, 7) is 3.14. The molecule has 0 saturated heterocycles. The number of allylic oxidation sites excluding steroid dienone is 1. The van der Waals surface area contributed by atoms with Crippen molar-refractivity contribution in [3.63, 3.8) is 0 Å². The third kappa shape index (κ3) is 2.86. The zero-order valence-corrected chi connectivity index (χ0v) is 18.7. The quantitative estimate of drug-likeness (QED) is 0.503. The molecule has 1 atom stereocenters. The molecule has 152 valence electrons. The summed E-state index contributed by atoms with van der Waals surface area (Å²) >= 11 is 4.03. The standard InChI is InChI=1S/C25H25N3S2/c1-17-20-21(19-12-6-3-7-13-19)22-24(29-23(20)27-26-17)28(16-18-10-4-2-5-11-18)25(30-22)14-8-9-15-25/h2-7,10-13,21H,8-9,14-16H2,1H3,(H,26,27). The van der Waals surface area contributed by atoms with Gasteiger partial charge in [-0.2, -0.15) is 5.10 Å². The van der Waals surface area contributed by atoms with Crippen LogP contribution < -0.4 is 0 Å². The first-order chi connectivity index (χ1) is 14.8. The predicted molar refractivity (Wildman–Crippen MR) is 125 cm³/mol. The highest BCUT2D eigenvalue weighted by atomic mass is 32.2. The fourth-order valence-electron chi connectivity index (χ4n) is 5.21. The van der Waals surface area contributed by atoms with Gasteiger partial charge in [0, 0.05) is 28.6 Å². The smallest absolute Gasteiger partial charge is 0.129 e. The average Bonchev–Trinajstić information content (AvgIpc) is 3.48. The molecular weight excluding hydrogens is 406 g/mol. The number of hydrogen-bond donors (Lipinski definition) is 1. The van der Waals surface area contributed by atoms with Gasteiger partial charge in [0.25, 0.3) is 0 Å². The predicted octanol–water partition coefficient (Wildman–Crippen LogP) is 6.64. The van der Waals surface area contributed by atoms with E-state index in [1.165, 1.54) is 58.0 Å². The highest BCUT2D eigenvalue weighted by Gasteiger charge is 2.52. The summed E-state index contributed by atoms with van der Waals surface area (Å²) in [5.41, 5.74) is 5.32. The Hall–Kier alpha value is -2.11. The molecule has 6 rings (SSSR count). The van der Waals surface area contributed by atoms with Crippen LogP contribution in [0.15, 0.2) is 75.6 Å². The third-order valence-electron chi connectivity index (χ3n) is 6.65. The maximum Gasteiger partial charge on any atom is 0.129 e. The second-order valence-electron chi connectivity index (χ2n) is 8.51. The lowest BCUT2D eigenvalue weighted by Gasteiger charge is -2.37. The van der Waals surface area contributed by atoms with Crippen LogP contribution in [0.2, 0.25) is 0 Å². The first-order valence-electron chi connectivity index (χ1n) is 10.8. The molecule has 1 unspecified atom stereocenters. The van der Waals surface area contributed by atoms with Gasteiger partial charge in [0.05, 0.1) is 9.90 Å². The summed E-state index contributed by atoms with van der Waals surface area (Å²) < 4.78 is 0. The number of nitrogens with one attached hydrogen (secondary N) is 1. The van der Waals surface area contributed by atoms with E-state index in [4.69, 9.17) is 5.10 Å². The summed E-state index contributed by atoms with van der Waals surface area (Å²) in [5, 5.41) is 10.6. The fourth-order valence-corrected chi connectivity index (χ4v) is 8.48. The monoisotopic (exact) mass is 431 g/mol. The molecule has 0 bridgehead atoms. The zero-order chi connectivity index (χ0) is 20.1. The number of aromatic nitrogens is 2. The minimum absolute atomic E-state index is 0.196. The number of thioether (sulfide) groups is 2. The molecule has 2 aromatic carbocycles. The topological polar surface area (TPSA) is 31.9 Å². The number of benzene rings is 2. The van der Waals surface area contributed by atoms with Gasteiger partial charge in [-0.15, -0.1) is 0 Å². The largest absolute Gasteiger partial charge is 0.346 e. The Morgan fingerprint density at radius 1 is 1.03 bits per heavy atom. The summed E-state index contributed by atoms with van der Waals surface area (Å²) in [4.78, 5) is 4.45. The van der Waals surface area contributed by atoms with Gasteiger partial charge in [-0.1, -0.05) is 85.3 Å². The van der Waals surface area contributed by atoms with Crippen molar-refractivity contribution in [2.75, 3.05) is 0 Å². The van der Waals surface area contributed by atoms with Gasteiger partial charge in [0.1, 0.15) is 5.03 Å². The van der Waals surface area contributed by atoms with Crippen molar-refractivity contribution in [2.45, 2.75) is 55.0 Å². The Kier molecular flexibility index (Phi) is 4.50. The number of aryl methyl sites for hydroxylation is 1. The minimum atomic E-state index is 0.196. The molecule has 1 aliphatic carbocycles. The minimum Gasteiger partial charge on any atom is -0.346 e. The van der Waals surface area contributed by atoms with E-state index in [0.29, 0.717) is 0 Å². The maximum absolute atomic E-state index is 4.72. The van der Waals surface area contributed by atoms with Gasteiger partial charge in [0.2, 0.25) is 0 Å². The molecule has 1 aromatic heterocycles. The van der Waals surface area contributed by atoms with E-state index in [2.05, 4.69) is 89.3 Å². The molecule has 3 aromatic rings. The van der Waals surface area contributed by atoms with Crippen LogP contribution in [0.5, 0.6) is 0 Å². The first kappa shape index (κ1) is 18.6. The maximum atomic E-state index is 4.72. The number of fused-ring (bicyclic) bond motifs is 1. The van der Waals surface area contributed by atoms with Crippen LogP contribution in [0.1, 0.15) is 54.0 Å². The molecule has 2 aliphatic heterocycles. The van der Waals surface area contributed by atoms with Crippen molar-refractivity contribution in [1.82, 2.24) is 15.1 Å². The number of aromatic amines is 1. The van der Waals surface area contributed by atoms with Gasteiger partial charge in [-0.25, -0.2) is 0 Å². The van der Waals surface area contributed by atoms with Crippen molar-refractivity contribution < 1.29 is 0 Å². The summed E-state index contributed by atoms with van der Waals surface area (Å²) in [7, 11) is 0. The molecule has 3 heterocycles. The summed E-state index contributed by atoms with van der Waals surface area (Å²) in [5.74, 6) is 0.277. The highest BCUT2D eigenvalue weighted by molar-refractivity contribution is 8.08. The van der Waals surface area contributed by atoms with Gasteiger partial charge < -0.3 is 4.90 Å². The van der Waals surface area contributed by atoms with Crippen LogP contribution in [0.3, 0.4) is 0 Å². The Morgan fingerprint density at radius 2 is 1.73 bits per heavy atom. The Labute approximate surface area is 186 Å². The number of nitrogens with zero attached hydrogens (tertiary/aromatic N) is 2. The highest BCUT2D eigenvalue weighted by Crippen LogP contribution is 2.65. The Bertz CT molecular complexity index is 1100. The molecule has 1 fully saturated rings. The molecule has 0 amide bonds. The van der Waals surface area contributed by atoms with E-state index in [9.17, 15) is 0 Å². The van der Waals surface area contributed by atoms with Crippen LogP contribution in [0.25, 0.3) is 0 Å². The van der Waals surface area contributed by atoms with Crippen LogP contribution in [-0.2, 0) is 6.54 Å². The van der Waals surface area contributed by atoms with Crippen molar-refractivity contribution in [1.29, 1.82) is 0 Å². The van der Waals surface area contributed by atoms with Crippen molar-refractivity contribution >= 4 is 23.5 Å². The Morgan fingerprint density at radius 3 is 2.47 bits per heavy atom. The van der Waals surface area contributed by atoms with Crippen LogP contribution in [-0.4, -0.2) is 20.0 Å². The molecule has 3 aliphatic rings. The van der Waals surface area contributed by atoms with E-state index in [1.54, 1.807) is 0 Å². The second kappa shape index (κ2) is 7.24. The van der Waals surface area contributed by atoms with E-state index >= 15 is 0 Å². The Balaban J connectivity index is 1.50. The second-order valence-corrected chi connectivity index (χ2v) is 10.9. The van der Waals surface area contributed by atoms with Crippen molar-refractivity contribution in [3.05, 3.63) is 93.0 Å². The van der Waals surface area contributed by atoms with E-state index in [-0.39, 0.29) is 10.8 Å². The third-order valence-corrected chi connectivity index (χ3v) is 9.58. The SMILES string of the molecule is Cc1[nH]nc2c1C(c1ccccc1)C1=C(S2)N(Cc2ccccc2)C2(CCCC2)S1.